The number of aromatic amines is 1. The summed E-state index contributed by atoms with van der Waals surface area (Å²) in [5, 5.41) is 4.71. The molecule has 3 heterocycles. The summed E-state index contributed by atoms with van der Waals surface area (Å²) in [7, 11) is 0. The minimum atomic E-state index is -0.447. The Morgan fingerprint density at radius 1 is 1.14 bits per heavy atom. The van der Waals surface area contributed by atoms with Crippen molar-refractivity contribution in [2.75, 3.05) is 5.32 Å². The molecule has 2 aromatic carbocycles. The predicted octanol–water partition coefficient (Wildman–Crippen LogP) is 6.25. The molecule has 5 nitrogen and oxygen atoms in total. The molecule has 2 aliphatic carbocycles. The van der Waals surface area contributed by atoms with E-state index in [-0.39, 0.29) is 35.6 Å². The quantitative estimate of drug-likeness (QED) is 0.441. The fourth-order valence-corrected chi connectivity index (χ4v) is 7.42. The van der Waals surface area contributed by atoms with Gasteiger partial charge in [-0.25, -0.2) is 4.39 Å². The number of hydrogen-bond acceptors (Lipinski definition) is 2. The first-order chi connectivity index (χ1) is 16.8. The third kappa shape index (κ3) is 3.83. The van der Waals surface area contributed by atoms with E-state index in [0.717, 1.165) is 35.7 Å². The van der Waals surface area contributed by atoms with Gasteiger partial charge < -0.3 is 15.2 Å². The van der Waals surface area contributed by atoms with Gasteiger partial charge >= 0.3 is 0 Å². The molecule has 2 saturated carbocycles. The SMILES string of the molecule is CC(CC(=O)N1C2CC3CC1CC(C(=O)Nc1ccc(F)cc1)(C3)C2)c1c[nH]c2cccc(Cl)c12. The Hall–Kier alpha value is -2.86. The van der Waals surface area contributed by atoms with Crippen molar-refractivity contribution >= 4 is 40.0 Å². The number of hydrogen-bond donors (Lipinski definition) is 2. The predicted molar refractivity (Wildman–Crippen MR) is 135 cm³/mol. The summed E-state index contributed by atoms with van der Waals surface area (Å²) >= 11 is 6.47. The zero-order valence-corrected chi connectivity index (χ0v) is 20.4. The molecule has 7 rings (SSSR count). The lowest BCUT2D eigenvalue weighted by molar-refractivity contribution is -0.165. The number of anilines is 1. The van der Waals surface area contributed by atoms with Crippen molar-refractivity contribution in [3.63, 3.8) is 0 Å². The highest BCUT2D eigenvalue weighted by atomic mass is 35.5. The monoisotopic (exact) mass is 493 g/mol. The number of nitrogens with one attached hydrogen (secondary N) is 2. The van der Waals surface area contributed by atoms with Gasteiger partial charge in [0.15, 0.2) is 0 Å². The van der Waals surface area contributed by atoms with Crippen LogP contribution in [0, 0.1) is 17.2 Å². The van der Waals surface area contributed by atoms with Crippen molar-refractivity contribution in [1.82, 2.24) is 9.88 Å². The molecule has 2 aliphatic heterocycles. The molecule has 0 spiro atoms. The van der Waals surface area contributed by atoms with E-state index in [2.05, 4.69) is 22.1 Å². The van der Waals surface area contributed by atoms with E-state index >= 15 is 0 Å². The number of carbonyl (C=O) groups is 2. The smallest absolute Gasteiger partial charge is 0.230 e. The summed E-state index contributed by atoms with van der Waals surface area (Å²) in [6.07, 6.45) is 6.61. The Labute approximate surface area is 209 Å². The van der Waals surface area contributed by atoms with Crippen LogP contribution >= 0.6 is 11.6 Å². The normalized spacial score (nSPS) is 27.9. The van der Waals surface area contributed by atoms with Crippen molar-refractivity contribution in [1.29, 1.82) is 0 Å². The number of aromatic nitrogens is 1. The maximum atomic E-state index is 13.6. The summed E-state index contributed by atoms with van der Waals surface area (Å²) in [5.41, 5.74) is 2.22. The summed E-state index contributed by atoms with van der Waals surface area (Å²) in [4.78, 5) is 32.4. The number of benzene rings is 2. The van der Waals surface area contributed by atoms with Crippen LogP contribution in [-0.4, -0.2) is 33.8 Å². The Bertz CT molecular complexity index is 1290. The van der Waals surface area contributed by atoms with E-state index in [0.29, 0.717) is 35.9 Å². The molecule has 35 heavy (non-hydrogen) atoms. The molecule has 2 saturated heterocycles. The fourth-order valence-electron chi connectivity index (χ4n) is 7.14. The summed E-state index contributed by atoms with van der Waals surface area (Å²) in [6.45, 7) is 2.08. The topological polar surface area (TPSA) is 65.2 Å². The second kappa shape index (κ2) is 8.37. The van der Waals surface area contributed by atoms with Crippen LogP contribution in [0.2, 0.25) is 5.02 Å². The van der Waals surface area contributed by atoms with Gasteiger partial charge in [0.1, 0.15) is 5.82 Å². The summed E-state index contributed by atoms with van der Waals surface area (Å²) in [5.74, 6) is 0.361. The van der Waals surface area contributed by atoms with Gasteiger partial charge in [0, 0.05) is 41.3 Å². The number of H-pyrrole nitrogens is 1. The lowest BCUT2D eigenvalue weighted by Gasteiger charge is -2.60. The second-order valence-electron chi connectivity index (χ2n) is 10.8. The molecular weight excluding hydrogens is 465 g/mol. The average Bonchev–Trinajstić information content (AvgIpc) is 3.26. The van der Waals surface area contributed by atoms with Crippen molar-refractivity contribution < 1.29 is 14.0 Å². The number of piperidine rings is 2. The summed E-state index contributed by atoms with van der Waals surface area (Å²) in [6, 6.07) is 11.9. The average molecular weight is 494 g/mol. The second-order valence-corrected chi connectivity index (χ2v) is 11.2. The zero-order valence-electron chi connectivity index (χ0n) is 19.7. The molecule has 7 heteroatoms. The third-order valence-corrected chi connectivity index (χ3v) is 8.81. The maximum Gasteiger partial charge on any atom is 0.230 e. The van der Waals surface area contributed by atoms with Crippen LogP contribution in [0.15, 0.2) is 48.7 Å². The first-order valence-electron chi connectivity index (χ1n) is 12.5. The Kier molecular flexibility index (Phi) is 5.40. The number of carbonyl (C=O) groups excluding carboxylic acids is 2. The minimum absolute atomic E-state index is 0.0115. The van der Waals surface area contributed by atoms with Crippen LogP contribution in [0.5, 0.6) is 0 Å². The molecule has 3 aromatic rings. The Morgan fingerprint density at radius 3 is 2.57 bits per heavy atom. The molecule has 3 atom stereocenters. The van der Waals surface area contributed by atoms with Crippen molar-refractivity contribution in [2.45, 2.75) is 63.5 Å². The van der Waals surface area contributed by atoms with E-state index in [1.54, 1.807) is 12.1 Å². The van der Waals surface area contributed by atoms with Gasteiger partial charge in [-0.3, -0.25) is 9.59 Å². The molecule has 182 valence electrons. The molecule has 0 radical (unpaired) electrons. The van der Waals surface area contributed by atoms with Gasteiger partial charge in [0.05, 0.1) is 10.4 Å². The van der Waals surface area contributed by atoms with Crippen LogP contribution in [0.4, 0.5) is 10.1 Å². The molecule has 4 bridgehead atoms. The lowest BCUT2D eigenvalue weighted by Crippen LogP contribution is -2.65. The third-order valence-electron chi connectivity index (χ3n) is 8.50. The van der Waals surface area contributed by atoms with Gasteiger partial charge in [-0.05, 0) is 85.9 Å². The number of halogens is 2. The van der Waals surface area contributed by atoms with E-state index in [4.69, 9.17) is 11.6 Å². The highest BCUT2D eigenvalue weighted by Crippen LogP contribution is 2.56. The molecule has 4 aliphatic rings. The maximum absolute atomic E-state index is 13.6. The molecule has 3 unspecified atom stereocenters. The van der Waals surface area contributed by atoms with Gasteiger partial charge in [-0.2, -0.15) is 0 Å². The van der Waals surface area contributed by atoms with Crippen LogP contribution in [-0.2, 0) is 9.59 Å². The van der Waals surface area contributed by atoms with Crippen LogP contribution in [0.3, 0.4) is 0 Å². The van der Waals surface area contributed by atoms with Gasteiger partial charge in [-0.1, -0.05) is 24.6 Å². The standard InChI is InChI=1S/C28H29ClFN3O2/c1-16(22-15-31-24-4-2-3-23(29)26(22)24)9-25(34)33-20-10-17-11-21(33)14-28(12-17,13-20)27(35)32-19-7-5-18(30)6-8-19/h2-8,15-17,20-21,31H,9-14H2,1H3,(H,32,35). The highest BCUT2D eigenvalue weighted by molar-refractivity contribution is 6.35. The molecular formula is C28H29ClFN3O2. The van der Waals surface area contributed by atoms with Gasteiger partial charge in [0.2, 0.25) is 11.8 Å². The first-order valence-corrected chi connectivity index (χ1v) is 12.8. The number of rotatable bonds is 5. The largest absolute Gasteiger partial charge is 0.361 e. The molecule has 1 aromatic heterocycles. The Morgan fingerprint density at radius 2 is 1.86 bits per heavy atom. The molecule has 2 amide bonds. The van der Waals surface area contributed by atoms with Gasteiger partial charge in [0.25, 0.3) is 0 Å². The molecule has 4 fully saturated rings. The van der Waals surface area contributed by atoms with Crippen molar-refractivity contribution in [2.24, 2.45) is 11.3 Å². The van der Waals surface area contributed by atoms with E-state index in [1.807, 2.05) is 24.4 Å². The zero-order chi connectivity index (χ0) is 24.3. The number of fused-ring (bicyclic) bond motifs is 1. The number of amides is 2. The molecule has 2 N–H and O–H groups in total. The number of nitrogens with zero attached hydrogens (tertiary/aromatic N) is 1. The Balaban J connectivity index is 1.18. The van der Waals surface area contributed by atoms with Gasteiger partial charge in [-0.15, -0.1) is 0 Å². The minimum Gasteiger partial charge on any atom is -0.361 e. The van der Waals surface area contributed by atoms with E-state index in [1.165, 1.54) is 12.1 Å². The van der Waals surface area contributed by atoms with Crippen LogP contribution < -0.4 is 5.32 Å². The fraction of sp³-hybridized carbons (Fsp3) is 0.429. The van der Waals surface area contributed by atoms with Crippen molar-refractivity contribution in [3.8, 4) is 0 Å². The van der Waals surface area contributed by atoms with Crippen LogP contribution in [0.1, 0.15) is 56.9 Å². The lowest BCUT2D eigenvalue weighted by atomic mass is 9.55. The van der Waals surface area contributed by atoms with E-state index in [9.17, 15) is 14.0 Å². The first kappa shape index (κ1) is 22.6. The summed E-state index contributed by atoms with van der Waals surface area (Å²) < 4.78 is 13.3. The van der Waals surface area contributed by atoms with Crippen LogP contribution in [0.25, 0.3) is 10.9 Å². The van der Waals surface area contributed by atoms with E-state index < -0.39 is 5.41 Å². The highest BCUT2D eigenvalue weighted by Gasteiger charge is 2.58. The van der Waals surface area contributed by atoms with Crippen molar-refractivity contribution in [3.05, 3.63) is 65.1 Å².